The monoisotopic (exact) mass is 258 g/mol. The van der Waals surface area contributed by atoms with E-state index in [1.54, 1.807) is 13.0 Å². The maximum atomic E-state index is 11.8. The van der Waals surface area contributed by atoms with Crippen molar-refractivity contribution in [3.63, 3.8) is 0 Å². The Morgan fingerprint density at radius 2 is 2.00 bits per heavy atom. The van der Waals surface area contributed by atoms with Gasteiger partial charge in [-0.2, -0.15) is 0 Å². The van der Waals surface area contributed by atoms with Crippen molar-refractivity contribution >= 4 is 5.97 Å². The molecule has 98 valence electrons. The summed E-state index contributed by atoms with van der Waals surface area (Å²) in [6.07, 6.45) is 0. The highest BCUT2D eigenvalue weighted by Crippen LogP contribution is 2.05. The number of aliphatic hydroxyl groups excluding tert-OH is 1. The Kier molecular flexibility index (Phi) is 4.20. The highest BCUT2D eigenvalue weighted by Gasteiger charge is 2.12. The van der Waals surface area contributed by atoms with Crippen molar-refractivity contribution in [1.29, 1.82) is 0 Å². The maximum Gasteiger partial charge on any atom is 0.376 e. The van der Waals surface area contributed by atoms with Gasteiger partial charge < -0.3 is 9.84 Å². The largest absolute Gasteiger partial charge is 0.455 e. The maximum absolute atomic E-state index is 11.8. The first-order valence-corrected chi connectivity index (χ1v) is 5.85. The number of hydrogen-bond donors (Lipinski definition) is 1. The van der Waals surface area contributed by atoms with Crippen molar-refractivity contribution in [3.05, 3.63) is 59.2 Å². The van der Waals surface area contributed by atoms with E-state index in [0.717, 1.165) is 5.56 Å². The van der Waals surface area contributed by atoms with Gasteiger partial charge in [-0.05, 0) is 18.6 Å². The third kappa shape index (κ3) is 3.59. The summed E-state index contributed by atoms with van der Waals surface area (Å²) in [6.45, 7) is 1.67. The van der Waals surface area contributed by atoms with Gasteiger partial charge in [-0.15, -0.1) is 0 Å². The quantitative estimate of drug-likeness (QED) is 0.844. The molecule has 2 aromatic rings. The molecule has 0 radical (unpaired) electrons. The molecule has 1 heterocycles. The van der Waals surface area contributed by atoms with Crippen molar-refractivity contribution < 1.29 is 14.6 Å². The first-order valence-electron chi connectivity index (χ1n) is 5.85. The van der Waals surface area contributed by atoms with Crippen LogP contribution in [0.3, 0.4) is 0 Å². The van der Waals surface area contributed by atoms with Gasteiger partial charge in [0.25, 0.3) is 0 Å². The van der Waals surface area contributed by atoms with Crippen LogP contribution >= 0.6 is 0 Å². The topological polar surface area (TPSA) is 72.3 Å². The Labute approximate surface area is 110 Å². The first kappa shape index (κ1) is 13.2. The summed E-state index contributed by atoms with van der Waals surface area (Å²) in [4.78, 5) is 19.7. The summed E-state index contributed by atoms with van der Waals surface area (Å²) >= 11 is 0. The number of rotatable bonds is 4. The number of hydrogen-bond acceptors (Lipinski definition) is 5. The van der Waals surface area contributed by atoms with E-state index in [1.807, 2.05) is 30.3 Å². The van der Waals surface area contributed by atoms with Crippen LogP contribution in [0.4, 0.5) is 0 Å². The molecule has 0 aliphatic rings. The minimum atomic E-state index is -0.595. The second-order valence-corrected chi connectivity index (χ2v) is 4.04. The van der Waals surface area contributed by atoms with Gasteiger partial charge in [0, 0.05) is 5.69 Å². The summed E-state index contributed by atoms with van der Waals surface area (Å²) in [5.74, 6) is -0.623. The number of nitrogens with zero attached hydrogens (tertiary/aromatic N) is 2. The minimum Gasteiger partial charge on any atom is -0.455 e. The van der Waals surface area contributed by atoms with Crippen LogP contribution in [0.5, 0.6) is 0 Å². The number of ether oxygens (including phenoxy) is 1. The fourth-order valence-electron chi connectivity index (χ4n) is 1.59. The molecular weight excluding hydrogens is 244 g/mol. The van der Waals surface area contributed by atoms with Crippen LogP contribution in [0.1, 0.15) is 27.6 Å². The molecule has 0 unspecified atom stereocenters. The highest BCUT2D eigenvalue weighted by molar-refractivity contribution is 5.85. The molecule has 0 saturated heterocycles. The molecule has 0 bridgehead atoms. The molecule has 0 spiro atoms. The van der Waals surface area contributed by atoms with Crippen molar-refractivity contribution in [1.82, 2.24) is 9.97 Å². The van der Waals surface area contributed by atoms with Gasteiger partial charge in [0.1, 0.15) is 6.61 Å². The first-order chi connectivity index (χ1) is 9.19. The summed E-state index contributed by atoms with van der Waals surface area (Å²) in [5, 5.41) is 9.03. The van der Waals surface area contributed by atoms with E-state index in [0.29, 0.717) is 11.4 Å². The second kappa shape index (κ2) is 6.06. The van der Waals surface area contributed by atoms with E-state index in [2.05, 4.69) is 9.97 Å². The number of carbonyl (C=O) groups excluding carboxylic acids is 1. The molecule has 0 aliphatic heterocycles. The van der Waals surface area contributed by atoms with Crippen LogP contribution in [0, 0.1) is 6.92 Å². The fraction of sp³-hybridized carbons (Fsp3) is 0.214. The molecule has 1 aromatic heterocycles. The molecule has 0 amide bonds. The average molecular weight is 258 g/mol. The number of aromatic nitrogens is 2. The summed E-state index contributed by atoms with van der Waals surface area (Å²) in [6, 6.07) is 11.0. The molecular formula is C14H14N2O3. The van der Waals surface area contributed by atoms with Gasteiger partial charge >= 0.3 is 5.97 Å². The summed E-state index contributed by atoms with van der Waals surface area (Å²) in [7, 11) is 0. The predicted molar refractivity (Wildman–Crippen MR) is 68.3 cm³/mol. The van der Waals surface area contributed by atoms with E-state index >= 15 is 0 Å². The Balaban J connectivity index is 2.06. The Morgan fingerprint density at radius 1 is 1.26 bits per heavy atom. The normalized spacial score (nSPS) is 10.2. The number of aliphatic hydroxyl groups is 1. The van der Waals surface area contributed by atoms with Gasteiger partial charge in [-0.3, -0.25) is 0 Å². The zero-order valence-electron chi connectivity index (χ0n) is 10.5. The van der Waals surface area contributed by atoms with Crippen molar-refractivity contribution in [2.45, 2.75) is 20.1 Å². The number of esters is 1. The van der Waals surface area contributed by atoms with Crippen LogP contribution in [0.2, 0.25) is 0 Å². The van der Waals surface area contributed by atoms with Crippen molar-refractivity contribution in [3.8, 4) is 0 Å². The molecule has 0 fully saturated rings. The predicted octanol–water partition coefficient (Wildman–Crippen LogP) is 1.63. The summed E-state index contributed by atoms with van der Waals surface area (Å²) < 4.78 is 5.12. The van der Waals surface area contributed by atoms with Gasteiger partial charge in [0.2, 0.25) is 5.82 Å². The minimum absolute atomic E-state index is 0.0278. The third-order valence-electron chi connectivity index (χ3n) is 2.46. The molecule has 0 aliphatic carbocycles. The lowest BCUT2D eigenvalue weighted by atomic mass is 10.2. The number of carbonyl (C=O) groups is 1. The van der Waals surface area contributed by atoms with Crippen molar-refractivity contribution in [2.75, 3.05) is 0 Å². The number of benzene rings is 1. The second-order valence-electron chi connectivity index (χ2n) is 4.04. The lowest BCUT2D eigenvalue weighted by Gasteiger charge is -2.05. The highest BCUT2D eigenvalue weighted by atomic mass is 16.5. The van der Waals surface area contributed by atoms with Crippen LogP contribution in [0.15, 0.2) is 36.4 Å². The van der Waals surface area contributed by atoms with Crippen LogP contribution in [0.25, 0.3) is 0 Å². The van der Waals surface area contributed by atoms with Crippen LogP contribution in [-0.2, 0) is 18.0 Å². The molecule has 0 atom stereocenters. The Morgan fingerprint density at radius 3 is 2.68 bits per heavy atom. The van der Waals surface area contributed by atoms with Crippen molar-refractivity contribution in [2.24, 2.45) is 0 Å². The van der Waals surface area contributed by atoms with Gasteiger partial charge in [0.15, 0.2) is 0 Å². The molecule has 19 heavy (non-hydrogen) atoms. The Bertz CT molecular complexity index is 570. The van der Waals surface area contributed by atoms with E-state index in [-0.39, 0.29) is 19.0 Å². The smallest absolute Gasteiger partial charge is 0.376 e. The molecule has 1 aromatic carbocycles. The third-order valence-corrected chi connectivity index (χ3v) is 2.46. The van der Waals surface area contributed by atoms with E-state index in [1.165, 1.54) is 0 Å². The standard InChI is InChI=1S/C14H14N2O3/c1-10-7-12(8-17)16-13(15-10)14(18)19-9-11-5-3-2-4-6-11/h2-7,17H,8-9H2,1H3. The number of aryl methyl sites for hydroxylation is 1. The zero-order valence-corrected chi connectivity index (χ0v) is 10.5. The summed E-state index contributed by atoms with van der Waals surface area (Å²) in [5.41, 5.74) is 1.91. The van der Waals surface area contributed by atoms with E-state index in [4.69, 9.17) is 9.84 Å². The van der Waals surface area contributed by atoms with Gasteiger partial charge in [0.05, 0.1) is 12.3 Å². The van der Waals surface area contributed by atoms with Crippen LogP contribution < -0.4 is 0 Å². The van der Waals surface area contributed by atoms with Gasteiger partial charge in [-0.25, -0.2) is 14.8 Å². The van der Waals surface area contributed by atoms with Gasteiger partial charge in [-0.1, -0.05) is 30.3 Å². The zero-order chi connectivity index (χ0) is 13.7. The Hall–Kier alpha value is -2.27. The fourth-order valence-corrected chi connectivity index (χ4v) is 1.59. The molecule has 1 N–H and O–H groups in total. The lowest BCUT2D eigenvalue weighted by molar-refractivity contribution is 0.0457. The lowest BCUT2D eigenvalue weighted by Crippen LogP contribution is -2.12. The van der Waals surface area contributed by atoms with E-state index in [9.17, 15) is 4.79 Å². The van der Waals surface area contributed by atoms with Crippen LogP contribution in [-0.4, -0.2) is 21.0 Å². The molecule has 2 rings (SSSR count). The van der Waals surface area contributed by atoms with E-state index < -0.39 is 5.97 Å². The molecule has 5 heteroatoms. The molecule has 5 nitrogen and oxygen atoms in total. The SMILES string of the molecule is Cc1cc(CO)nc(C(=O)OCc2ccccc2)n1. The average Bonchev–Trinajstić information content (AvgIpc) is 2.45. The molecule has 0 saturated carbocycles.